The van der Waals surface area contributed by atoms with E-state index >= 15 is 0 Å². The summed E-state index contributed by atoms with van der Waals surface area (Å²) >= 11 is 0. The Kier molecular flexibility index (Phi) is 5.79. The lowest BCUT2D eigenvalue weighted by Crippen LogP contribution is -2.41. The number of likely N-dealkylation sites (tertiary alicyclic amines) is 1. The van der Waals surface area contributed by atoms with Crippen LogP contribution in [0.3, 0.4) is 0 Å². The number of nitrogens with zero attached hydrogens (tertiary/aromatic N) is 2. The van der Waals surface area contributed by atoms with Gasteiger partial charge in [0, 0.05) is 19.2 Å². The van der Waals surface area contributed by atoms with Gasteiger partial charge in [-0.05, 0) is 57.5 Å². The van der Waals surface area contributed by atoms with E-state index in [4.69, 9.17) is 5.11 Å². The molecule has 1 saturated heterocycles. The summed E-state index contributed by atoms with van der Waals surface area (Å²) in [6, 6.07) is 0. The van der Waals surface area contributed by atoms with E-state index in [1.54, 1.807) is 0 Å². The SMILES string of the molecule is CN(C(=O)CN1CCC(CCC(=O)O)CC1)C1=CCCC1. The molecule has 2 aliphatic rings. The zero-order valence-corrected chi connectivity index (χ0v) is 12.9. The first-order valence-corrected chi connectivity index (χ1v) is 7.96. The summed E-state index contributed by atoms with van der Waals surface area (Å²) in [5.41, 5.74) is 1.16. The summed E-state index contributed by atoms with van der Waals surface area (Å²) in [5, 5.41) is 8.71. The third-order valence-corrected chi connectivity index (χ3v) is 4.65. The van der Waals surface area contributed by atoms with E-state index < -0.39 is 5.97 Å². The van der Waals surface area contributed by atoms with Gasteiger partial charge < -0.3 is 10.0 Å². The smallest absolute Gasteiger partial charge is 0.303 e. The zero-order valence-electron chi connectivity index (χ0n) is 12.9. The molecule has 1 N–H and O–H groups in total. The Labute approximate surface area is 126 Å². The van der Waals surface area contributed by atoms with Gasteiger partial charge in [0.15, 0.2) is 0 Å². The maximum Gasteiger partial charge on any atom is 0.303 e. The van der Waals surface area contributed by atoms with E-state index in [2.05, 4.69) is 11.0 Å². The number of aliphatic carboxylic acids is 1. The second kappa shape index (κ2) is 7.59. The molecule has 118 valence electrons. The quantitative estimate of drug-likeness (QED) is 0.815. The molecular formula is C16H26N2O3. The first kappa shape index (κ1) is 16.0. The number of likely N-dealkylation sites (N-methyl/N-ethyl adjacent to an activating group) is 1. The van der Waals surface area contributed by atoms with Crippen LogP contribution in [0, 0.1) is 5.92 Å². The van der Waals surface area contributed by atoms with Crippen LogP contribution < -0.4 is 0 Å². The molecule has 0 aromatic carbocycles. The lowest BCUT2D eigenvalue weighted by molar-refractivity contribution is -0.137. The highest BCUT2D eigenvalue weighted by atomic mass is 16.4. The largest absolute Gasteiger partial charge is 0.481 e. The number of rotatable bonds is 6. The summed E-state index contributed by atoms with van der Waals surface area (Å²) in [6.45, 7) is 2.30. The Morgan fingerprint density at radius 1 is 1.38 bits per heavy atom. The first-order valence-electron chi connectivity index (χ1n) is 7.96. The van der Waals surface area contributed by atoms with Crippen LogP contribution in [0.4, 0.5) is 0 Å². The van der Waals surface area contributed by atoms with E-state index in [1.807, 2.05) is 11.9 Å². The molecule has 0 atom stereocenters. The number of hydrogen-bond donors (Lipinski definition) is 1. The topological polar surface area (TPSA) is 60.9 Å². The molecule has 1 aliphatic carbocycles. The predicted molar refractivity (Wildman–Crippen MR) is 80.7 cm³/mol. The average Bonchev–Trinajstić information content (AvgIpc) is 2.99. The standard InChI is InChI=1S/C16H26N2O3/c1-17(14-4-2-3-5-14)15(19)12-18-10-8-13(9-11-18)6-7-16(20)21/h4,13H,2-3,5-12H2,1H3,(H,20,21). The Bertz CT molecular complexity index is 412. The van der Waals surface area contributed by atoms with Gasteiger partial charge in [0.05, 0.1) is 6.54 Å². The number of piperidine rings is 1. The van der Waals surface area contributed by atoms with E-state index in [0.717, 1.165) is 57.3 Å². The minimum absolute atomic E-state index is 0.173. The molecule has 0 bridgehead atoms. The van der Waals surface area contributed by atoms with Crippen molar-refractivity contribution in [2.45, 2.75) is 44.9 Å². The summed E-state index contributed by atoms with van der Waals surface area (Å²) in [5.74, 6) is -0.0334. The predicted octanol–water partition coefficient (Wildman–Crippen LogP) is 2.09. The Hall–Kier alpha value is -1.36. The number of carbonyl (C=O) groups excluding carboxylic acids is 1. The summed E-state index contributed by atoms with van der Waals surface area (Å²) < 4.78 is 0. The van der Waals surface area contributed by atoms with Gasteiger partial charge in [-0.15, -0.1) is 0 Å². The molecule has 5 nitrogen and oxygen atoms in total. The van der Waals surface area contributed by atoms with Gasteiger partial charge in [0.1, 0.15) is 0 Å². The maximum atomic E-state index is 12.3. The maximum absolute atomic E-state index is 12.3. The molecule has 0 aromatic rings. The van der Waals surface area contributed by atoms with Crippen LogP contribution in [0.5, 0.6) is 0 Å². The van der Waals surface area contributed by atoms with Gasteiger partial charge in [-0.25, -0.2) is 0 Å². The number of amides is 1. The first-order chi connectivity index (χ1) is 10.1. The second-order valence-corrected chi connectivity index (χ2v) is 6.19. The molecule has 0 radical (unpaired) electrons. The molecular weight excluding hydrogens is 268 g/mol. The molecule has 0 aromatic heterocycles. The van der Waals surface area contributed by atoms with Gasteiger partial charge >= 0.3 is 5.97 Å². The summed E-state index contributed by atoms with van der Waals surface area (Å²) in [6.07, 6.45) is 8.46. The van der Waals surface area contributed by atoms with Gasteiger partial charge in [0.25, 0.3) is 0 Å². The minimum atomic E-state index is -0.709. The van der Waals surface area contributed by atoms with Gasteiger partial charge in [0.2, 0.25) is 5.91 Å². The molecule has 0 spiro atoms. The van der Waals surface area contributed by atoms with Crippen molar-refractivity contribution in [2.75, 3.05) is 26.7 Å². The van der Waals surface area contributed by atoms with Crippen LogP contribution in [0.2, 0.25) is 0 Å². The number of carboxylic acid groups (broad SMARTS) is 1. The van der Waals surface area contributed by atoms with E-state index in [-0.39, 0.29) is 12.3 Å². The molecule has 0 unspecified atom stereocenters. The van der Waals surface area contributed by atoms with Crippen molar-refractivity contribution in [3.63, 3.8) is 0 Å². The van der Waals surface area contributed by atoms with Crippen molar-refractivity contribution in [1.82, 2.24) is 9.80 Å². The number of carboxylic acids is 1. The van der Waals surface area contributed by atoms with E-state index in [0.29, 0.717) is 12.5 Å². The fourth-order valence-corrected chi connectivity index (χ4v) is 3.18. The highest BCUT2D eigenvalue weighted by Gasteiger charge is 2.23. The second-order valence-electron chi connectivity index (χ2n) is 6.19. The Morgan fingerprint density at radius 3 is 2.67 bits per heavy atom. The lowest BCUT2D eigenvalue weighted by Gasteiger charge is -2.32. The summed E-state index contributed by atoms with van der Waals surface area (Å²) in [7, 11) is 1.87. The minimum Gasteiger partial charge on any atom is -0.481 e. The molecule has 1 heterocycles. The van der Waals surface area contributed by atoms with Gasteiger partial charge in [-0.1, -0.05) is 6.08 Å². The molecule has 2 rings (SSSR count). The fraction of sp³-hybridized carbons (Fsp3) is 0.750. The highest BCUT2D eigenvalue weighted by molar-refractivity contribution is 5.79. The van der Waals surface area contributed by atoms with Gasteiger partial charge in [-0.3, -0.25) is 14.5 Å². The van der Waals surface area contributed by atoms with Gasteiger partial charge in [-0.2, -0.15) is 0 Å². The zero-order chi connectivity index (χ0) is 15.2. The molecule has 21 heavy (non-hydrogen) atoms. The number of carbonyl (C=O) groups is 2. The van der Waals surface area contributed by atoms with Crippen LogP contribution in [-0.2, 0) is 9.59 Å². The monoisotopic (exact) mass is 294 g/mol. The molecule has 1 fully saturated rings. The van der Waals surface area contributed by atoms with Crippen molar-refractivity contribution in [1.29, 1.82) is 0 Å². The van der Waals surface area contributed by atoms with Crippen molar-refractivity contribution in [3.8, 4) is 0 Å². The van der Waals surface area contributed by atoms with E-state index in [1.165, 1.54) is 0 Å². The number of allylic oxidation sites excluding steroid dienone is 2. The van der Waals surface area contributed by atoms with Crippen LogP contribution in [0.25, 0.3) is 0 Å². The van der Waals surface area contributed by atoms with Crippen LogP contribution >= 0.6 is 0 Å². The van der Waals surface area contributed by atoms with Crippen molar-refractivity contribution < 1.29 is 14.7 Å². The third kappa shape index (κ3) is 4.84. The Balaban J connectivity index is 1.70. The molecule has 5 heteroatoms. The third-order valence-electron chi connectivity index (χ3n) is 4.65. The molecule has 1 amide bonds. The van der Waals surface area contributed by atoms with Crippen molar-refractivity contribution in [2.24, 2.45) is 5.92 Å². The molecule has 1 aliphatic heterocycles. The number of hydrogen-bond acceptors (Lipinski definition) is 3. The van der Waals surface area contributed by atoms with Crippen molar-refractivity contribution >= 4 is 11.9 Å². The highest BCUT2D eigenvalue weighted by Crippen LogP contribution is 2.23. The lowest BCUT2D eigenvalue weighted by atomic mass is 9.92. The summed E-state index contributed by atoms with van der Waals surface area (Å²) in [4.78, 5) is 26.9. The fourth-order valence-electron chi connectivity index (χ4n) is 3.18. The Morgan fingerprint density at radius 2 is 2.10 bits per heavy atom. The normalized spacial score (nSPS) is 20.3. The average molecular weight is 294 g/mol. The van der Waals surface area contributed by atoms with Crippen LogP contribution in [0.1, 0.15) is 44.9 Å². The van der Waals surface area contributed by atoms with Crippen LogP contribution in [0.15, 0.2) is 11.8 Å². The molecule has 0 saturated carbocycles. The van der Waals surface area contributed by atoms with Crippen molar-refractivity contribution in [3.05, 3.63) is 11.8 Å². The van der Waals surface area contributed by atoms with Crippen LogP contribution in [-0.4, -0.2) is 53.5 Å². The van der Waals surface area contributed by atoms with E-state index in [9.17, 15) is 9.59 Å².